The summed E-state index contributed by atoms with van der Waals surface area (Å²) in [7, 11) is 0. The van der Waals surface area contributed by atoms with Crippen LogP contribution in [0.4, 0.5) is 0 Å². The summed E-state index contributed by atoms with van der Waals surface area (Å²) in [5.41, 5.74) is 1.32. The molecule has 70 valence electrons. The molecular weight excluding hydrogens is 160 g/mol. The highest BCUT2D eigenvalue weighted by Gasteiger charge is 1.94. The van der Waals surface area contributed by atoms with Crippen LogP contribution in [0.15, 0.2) is 37.2 Å². The van der Waals surface area contributed by atoms with E-state index in [1.165, 1.54) is 5.56 Å². The monoisotopic (exact) mass is 176 g/mol. The molecule has 2 nitrogen and oxygen atoms in total. The van der Waals surface area contributed by atoms with Crippen LogP contribution in [0, 0.1) is 0 Å². The minimum absolute atomic E-state index is 0.391. The van der Waals surface area contributed by atoms with Crippen molar-refractivity contribution in [2.75, 3.05) is 6.54 Å². The standard InChI is InChI=1S/C11H16N2/c1-3-10(2)13-9-6-11-4-7-12-8-5-11/h3-5,7-8,10,13H,1,6,9H2,2H3. The van der Waals surface area contributed by atoms with Gasteiger partial charge in [-0.15, -0.1) is 6.58 Å². The van der Waals surface area contributed by atoms with Gasteiger partial charge in [-0.3, -0.25) is 4.98 Å². The van der Waals surface area contributed by atoms with E-state index >= 15 is 0 Å². The molecule has 1 unspecified atom stereocenters. The van der Waals surface area contributed by atoms with Gasteiger partial charge in [-0.25, -0.2) is 0 Å². The topological polar surface area (TPSA) is 24.9 Å². The van der Waals surface area contributed by atoms with E-state index in [2.05, 4.69) is 23.8 Å². The molecule has 1 aromatic heterocycles. The third kappa shape index (κ3) is 3.85. The highest BCUT2D eigenvalue weighted by molar-refractivity contribution is 5.09. The van der Waals surface area contributed by atoms with Crippen molar-refractivity contribution < 1.29 is 0 Å². The summed E-state index contributed by atoms with van der Waals surface area (Å²) in [6, 6.07) is 4.47. The zero-order valence-electron chi connectivity index (χ0n) is 8.03. The minimum atomic E-state index is 0.391. The van der Waals surface area contributed by atoms with Crippen molar-refractivity contribution in [2.45, 2.75) is 19.4 Å². The van der Waals surface area contributed by atoms with E-state index in [9.17, 15) is 0 Å². The Labute approximate surface area is 79.7 Å². The molecule has 1 aromatic rings. The second kappa shape index (κ2) is 5.49. The molecule has 0 aliphatic heterocycles. The fourth-order valence-corrected chi connectivity index (χ4v) is 1.08. The first kappa shape index (κ1) is 9.93. The Morgan fingerprint density at radius 3 is 2.85 bits per heavy atom. The van der Waals surface area contributed by atoms with Crippen molar-refractivity contribution in [3.63, 3.8) is 0 Å². The fourth-order valence-electron chi connectivity index (χ4n) is 1.08. The normalized spacial score (nSPS) is 12.4. The van der Waals surface area contributed by atoms with Crippen LogP contribution in [0.25, 0.3) is 0 Å². The Hall–Kier alpha value is -1.15. The molecule has 13 heavy (non-hydrogen) atoms. The average Bonchev–Trinajstić information content (AvgIpc) is 2.19. The molecule has 0 aliphatic carbocycles. The first-order valence-corrected chi connectivity index (χ1v) is 4.58. The van der Waals surface area contributed by atoms with Crippen LogP contribution in [0.1, 0.15) is 12.5 Å². The van der Waals surface area contributed by atoms with E-state index in [1.54, 1.807) is 0 Å². The van der Waals surface area contributed by atoms with Crippen molar-refractivity contribution in [1.29, 1.82) is 0 Å². The molecule has 1 rings (SSSR count). The first-order valence-electron chi connectivity index (χ1n) is 4.58. The molecule has 1 N–H and O–H groups in total. The van der Waals surface area contributed by atoms with Gasteiger partial charge in [-0.2, -0.15) is 0 Å². The second-order valence-electron chi connectivity index (χ2n) is 3.08. The summed E-state index contributed by atoms with van der Waals surface area (Å²) < 4.78 is 0. The molecule has 1 heterocycles. The maximum Gasteiger partial charge on any atom is 0.0270 e. The van der Waals surface area contributed by atoms with Crippen LogP contribution < -0.4 is 5.32 Å². The molecule has 0 saturated carbocycles. The van der Waals surface area contributed by atoms with Gasteiger partial charge in [-0.1, -0.05) is 6.08 Å². The Kier molecular flexibility index (Phi) is 4.19. The number of hydrogen-bond donors (Lipinski definition) is 1. The number of hydrogen-bond acceptors (Lipinski definition) is 2. The lowest BCUT2D eigenvalue weighted by Crippen LogP contribution is -2.25. The second-order valence-corrected chi connectivity index (χ2v) is 3.08. The number of aromatic nitrogens is 1. The summed E-state index contributed by atoms with van der Waals surface area (Å²) in [6.45, 7) is 6.79. The largest absolute Gasteiger partial charge is 0.310 e. The minimum Gasteiger partial charge on any atom is -0.310 e. The van der Waals surface area contributed by atoms with Gasteiger partial charge in [0.2, 0.25) is 0 Å². The maximum atomic E-state index is 3.97. The molecular formula is C11H16N2. The third-order valence-corrected chi connectivity index (χ3v) is 1.98. The Balaban J connectivity index is 2.24. The smallest absolute Gasteiger partial charge is 0.0270 e. The highest BCUT2D eigenvalue weighted by atomic mass is 14.9. The number of pyridine rings is 1. The van der Waals surface area contributed by atoms with Gasteiger partial charge in [0, 0.05) is 18.4 Å². The van der Waals surface area contributed by atoms with Crippen molar-refractivity contribution in [1.82, 2.24) is 10.3 Å². The van der Waals surface area contributed by atoms with E-state index in [0.29, 0.717) is 6.04 Å². The van der Waals surface area contributed by atoms with Gasteiger partial charge < -0.3 is 5.32 Å². The van der Waals surface area contributed by atoms with Gasteiger partial charge in [0.05, 0.1) is 0 Å². The van der Waals surface area contributed by atoms with Crippen molar-refractivity contribution in [2.24, 2.45) is 0 Å². The lowest BCUT2D eigenvalue weighted by atomic mass is 10.2. The Bertz CT molecular complexity index is 244. The van der Waals surface area contributed by atoms with Crippen molar-refractivity contribution >= 4 is 0 Å². The molecule has 0 aliphatic rings. The summed E-state index contributed by atoms with van der Waals surface area (Å²) in [5, 5.41) is 3.34. The van der Waals surface area contributed by atoms with Crippen LogP contribution in [0.5, 0.6) is 0 Å². The van der Waals surface area contributed by atoms with E-state index in [0.717, 1.165) is 13.0 Å². The summed E-state index contributed by atoms with van der Waals surface area (Å²) in [5.74, 6) is 0. The number of nitrogens with zero attached hydrogens (tertiary/aromatic N) is 1. The Morgan fingerprint density at radius 2 is 2.23 bits per heavy atom. The predicted octanol–water partition coefficient (Wildman–Crippen LogP) is 1.79. The third-order valence-electron chi connectivity index (χ3n) is 1.98. The van der Waals surface area contributed by atoms with Crippen molar-refractivity contribution in [3.05, 3.63) is 42.7 Å². The summed E-state index contributed by atoms with van der Waals surface area (Å²) in [6.07, 6.45) is 6.60. The van der Waals surface area contributed by atoms with E-state index in [1.807, 2.05) is 30.6 Å². The van der Waals surface area contributed by atoms with Crippen LogP contribution in [0.3, 0.4) is 0 Å². The van der Waals surface area contributed by atoms with Gasteiger partial charge in [-0.05, 0) is 37.6 Å². The molecule has 0 spiro atoms. The molecule has 0 fully saturated rings. The van der Waals surface area contributed by atoms with Crippen molar-refractivity contribution in [3.8, 4) is 0 Å². The molecule has 0 amide bonds. The summed E-state index contributed by atoms with van der Waals surface area (Å²) in [4.78, 5) is 3.97. The number of nitrogens with one attached hydrogen (secondary N) is 1. The maximum absolute atomic E-state index is 3.97. The van der Waals surface area contributed by atoms with Gasteiger partial charge in [0.1, 0.15) is 0 Å². The van der Waals surface area contributed by atoms with Gasteiger partial charge in [0.25, 0.3) is 0 Å². The Morgan fingerprint density at radius 1 is 1.54 bits per heavy atom. The molecule has 1 atom stereocenters. The molecule has 0 saturated heterocycles. The molecule has 0 bridgehead atoms. The first-order chi connectivity index (χ1) is 6.33. The van der Waals surface area contributed by atoms with E-state index < -0.39 is 0 Å². The van der Waals surface area contributed by atoms with Gasteiger partial charge >= 0.3 is 0 Å². The van der Waals surface area contributed by atoms with Crippen LogP contribution in [-0.4, -0.2) is 17.6 Å². The quantitative estimate of drug-likeness (QED) is 0.692. The predicted molar refractivity (Wildman–Crippen MR) is 55.6 cm³/mol. The van der Waals surface area contributed by atoms with Crippen LogP contribution in [-0.2, 0) is 6.42 Å². The number of rotatable bonds is 5. The van der Waals surface area contributed by atoms with E-state index in [-0.39, 0.29) is 0 Å². The average molecular weight is 176 g/mol. The zero-order valence-corrected chi connectivity index (χ0v) is 8.03. The molecule has 0 radical (unpaired) electrons. The molecule has 0 aromatic carbocycles. The lowest BCUT2D eigenvalue weighted by Gasteiger charge is -2.08. The zero-order chi connectivity index (χ0) is 9.52. The highest BCUT2D eigenvalue weighted by Crippen LogP contribution is 1.96. The van der Waals surface area contributed by atoms with Gasteiger partial charge in [0.15, 0.2) is 0 Å². The van der Waals surface area contributed by atoms with Crippen LogP contribution >= 0.6 is 0 Å². The lowest BCUT2D eigenvalue weighted by molar-refractivity contribution is 0.633. The van der Waals surface area contributed by atoms with Crippen LogP contribution in [0.2, 0.25) is 0 Å². The van der Waals surface area contributed by atoms with E-state index in [4.69, 9.17) is 0 Å². The summed E-state index contributed by atoms with van der Waals surface area (Å²) >= 11 is 0. The SMILES string of the molecule is C=CC(C)NCCc1ccncc1. The fraction of sp³-hybridized carbons (Fsp3) is 0.364. The molecule has 2 heteroatoms.